The first-order valence-corrected chi connectivity index (χ1v) is 11.0. The number of rotatable bonds is 1. The van der Waals surface area contributed by atoms with Crippen molar-refractivity contribution in [3.8, 4) is 0 Å². The zero-order valence-corrected chi connectivity index (χ0v) is 19.0. The molecule has 2 bridgehead atoms. The molecular weight excluding hydrogens is 412 g/mol. The fraction of sp³-hybridized carbons (Fsp3) is 0.609. The summed E-state index contributed by atoms with van der Waals surface area (Å²) in [6.07, 6.45) is 2.64. The number of barbiturate groups is 1. The predicted molar refractivity (Wildman–Crippen MR) is 116 cm³/mol. The van der Waals surface area contributed by atoms with E-state index in [1.807, 2.05) is 0 Å². The molecule has 0 N–H and O–H groups in total. The minimum atomic E-state index is -1.50. The number of hydrogen-bond donors (Lipinski definition) is 0. The molecule has 1 aromatic rings. The summed E-state index contributed by atoms with van der Waals surface area (Å²) in [5.41, 5.74) is -0.392. The highest BCUT2D eigenvalue weighted by molar-refractivity contribution is 6.20. The van der Waals surface area contributed by atoms with Gasteiger partial charge in [0.05, 0.1) is 11.0 Å². The number of imide groups is 2. The van der Waals surface area contributed by atoms with Crippen LogP contribution in [-0.4, -0.2) is 58.7 Å². The van der Waals surface area contributed by atoms with Crippen molar-refractivity contribution in [1.82, 2.24) is 9.80 Å². The van der Waals surface area contributed by atoms with Gasteiger partial charge in [-0.1, -0.05) is 20.8 Å². The van der Waals surface area contributed by atoms with E-state index in [2.05, 4.69) is 25.7 Å². The van der Waals surface area contributed by atoms with Gasteiger partial charge in [-0.3, -0.25) is 29.5 Å². The van der Waals surface area contributed by atoms with Crippen LogP contribution in [0.3, 0.4) is 0 Å². The topological polar surface area (TPSA) is 104 Å². The summed E-state index contributed by atoms with van der Waals surface area (Å²) in [5, 5.41) is 11.5. The third-order valence-electron chi connectivity index (χ3n) is 8.14. The number of anilines is 1. The minimum absolute atomic E-state index is 0.0194. The molecule has 3 aliphatic heterocycles. The quantitative estimate of drug-likeness (QED) is 0.378. The van der Waals surface area contributed by atoms with Crippen LogP contribution in [0.25, 0.3) is 0 Å². The molecule has 32 heavy (non-hydrogen) atoms. The molecule has 3 fully saturated rings. The zero-order valence-electron chi connectivity index (χ0n) is 19.0. The number of carbonyl (C=O) groups is 3. The van der Waals surface area contributed by atoms with Crippen LogP contribution < -0.4 is 4.90 Å². The average molecular weight is 441 g/mol. The van der Waals surface area contributed by atoms with E-state index in [9.17, 15) is 24.5 Å². The summed E-state index contributed by atoms with van der Waals surface area (Å²) in [6.45, 7) is 6.58. The number of amides is 4. The number of carbonyl (C=O) groups excluding carboxylic acids is 3. The van der Waals surface area contributed by atoms with E-state index in [0.29, 0.717) is 5.56 Å². The summed E-state index contributed by atoms with van der Waals surface area (Å²) >= 11 is 0. The van der Waals surface area contributed by atoms with Crippen LogP contribution in [0.1, 0.15) is 45.6 Å². The van der Waals surface area contributed by atoms with Gasteiger partial charge in [0.15, 0.2) is 5.41 Å². The van der Waals surface area contributed by atoms with Crippen molar-refractivity contribution in [2.24, 2.45) is 16.2 Å². The summed E-state index contributed by atoms with van der Waals surface area (Å²) in [7, 11) is 2.83. The first-order chi connectivity index (χ1) is 14.8. The highest BCUT2D eigenvalue weighted by atomic mass is 16.6. The standard InChI is InChI=1S/C23H28N4O5/c1-21(2)10-15-11-22(3,12-21)17-23(18(28)24(4)20(30)25(5)19(23)29)9-13-8-14(27(31)32)6-7-16(13)26(15)17/h6-8,15,17H,9-12H2,1-5H3. The van der Waals surface area contributed by atoms with Crippen molar-refractivity contribution in [2.45, 2.75) is 58.5 Å². The number of nitrogens with zero attached hydrogens (tertiary/aromatic N) is 4. The molecule has 9 nitrogen and oxygen atoms in total. The Morgan fingerprint density at radius 3 is 2.25 bits per heavy atom. The van der Waals surface area contributed by atoms with Crippen LogP contribution in [0.2, 0.25) is 0 Å². The molecule has 5 rings (SSSR count). The van der Waals surface area contributed by atoms with Gasteiger partial charge in [0.25, 0.3) is 5.69 Å². The molecule has 4 aliphatic rings. The first-order valence-electron chi connectivity index (χ1n) is 11.0. The van der Waals surface area contributed by atoms with E-state index in [1.165, 1.54) is 26.2 Å². The molecule has 2 saturated heterocycles. The van der Waals surface area contributed by atoms with Crippen molar-refractivity contribution < 1.29 is 19.3 Å². The summed E-state index contributed by atoms with van der Waals surface area (Å²) in [6, 6.07) is 3.79. The van der Waals surface area contributed by atoms with Crippen molar-refractivity contribution >= 4 is 29.2 Å². The van der Waals surface area contributed by atoms with Crippen LogP contribution in [-0.2, 0) is 16.0 Å². The monoisotopic (exact) mass is 440 g/mol. The highest BCUT2D eigenvalue weighted by Crippen LogP contribution is 2.64. The highest BCUT2D eigenvalue weighted by Gasteiger charge is 2.71. The van der Waals surface area contributed by atoms with E-state index in [-0.39, 0.29) is 29.0 Å². The lowest BCUT2D eigenvalue weighted by atomic mass is 9.56. The first kappa shape index (κ1) is 20.9. The second-order valence-electron chi connectivity index (χ2n) is 11.1. The SMILES string of the molecule is CN1C(=O)N(C)C(=O)C2(Cc3cc([N+](=O)[O-])ccc3N3C4CC(C)(C)CC(C)(C4)C32)C1=O. The Balaban J connectivity index is 1.79. The minimum Gasteiger partial charge on any atom is -0.363 e. The molecule has 9 heteroatoms. The van der Waals surface area contributed by atoms with Crippen molar-refractivity contribution in [2.75, 3.05) is 19.0 Å². The molecule has 1 spiro atoms. The fourth-order valence-electron chi connectivity index (χ4n) is 7.56. The maximum Gasteiger partial charge on any atom is 0.332 e. The molecule has 3 unspecified atom stereocenters. The number of nitro groups is 1. The molecule has 0 aromatic heterocycles. The molecular formula is C23H28N4O5. The Hall–Kier alpha value is -2.97. The summed E-state index contributed by atoms with van der Waals surface area (Å²) in [5.74, 6) is -1.02. The Kier molecular flexibility index (Phi) is 3.97. The second kappa shape index (κ2) is 6.08. The van der Waals surface area contributed by atoms with E-state index >= 15 is 0 Å². The fourth-order valence-corrected chi connectivity index (χ4v) is 7.56. The van der Waals surface area contributed by atoms with E-state index < -0.39 is 34.2 Å². The van der Waals surface area contributed by atoms with Crippen molar-refractivity contribution in [1.29, 1.82) is 0 Å². The Morgan fingerprint density at radius 2 is 1.66 bits per heavy atom. The molecule has 0 radical (unpaired) electrons. The average Bonchev–Trinajstić information content (AvgIpc) is 2.94. The van der Waals surface area contributed by atoms with Crippen LogP contribution in [0.15, 0.2) is 18.2 Å². The number of hydrogen-bond acceptors (Lipinski definition) is 6. The van der Waals surface area contributed by atoms with Gasteiger partial charge in [-0.2, -0.15) is 0 Å². The van der Waals surface area contributed by atoms with Crippen molar-refractivity contribution in [3.05, 3.63) is 33.9 Å². The lowest BCUT2D eigenvalue weighted by Crippen LogP contribution is -2.72. The number of benzene rings is 1. The van der Waals surface area contributed by atoms with Gasteiger partial charge in [-0.15, -0.1) is 0 Å². The number of fused-ring (bicyclic) bond motifs is 8. The van der Waals surface area contributed by atoms with Gasteiger partial charge in [-0.25, -0.2) is 4.79 Å². The maximum atomic E-state index is 13.8. The maximum absolute atomic E-state index is 13.8. The van der Waals surface area contributed by atoms with Crippen LogP contribution >= 0.6 is 0 Å². The van der Waals surface area contributed by atoms with Gasteiger partial charge in [0.1, 0.15) is 0 Å². The van der Waals surface area contributed by atoms with Gasteiger partial charge in [0, 0.05) is 44.4 Å². The van der Waals surface area contributed by atoms with Gasteiger partial charge in [-0.05, 0) is 41.7 Å². The third kappa shape index (κ3) is 2.42. The second-order valence-corrected chi connectivity index (χ2v) is 11.1. The molecule has 3 atom stereocenters. The number of urea groups is 1. The largest absolute Gasteiger partial charge is 0.363 e. The van der Waals surface area contributed by atoms with E-state index in [0.717, 1.165) is 34.7 Å². The molecule has 3 heterocycles. The molecule has 170 valence electrons. The molecule has 1 aromatic carbocycles. The van der Waals surface area contributed by atoms with Gasteiger partial charge >= 0.3 is 6.03 Å². The summed E-state index contributed by atoms with van der Waals surface area (Å²) in [4.78, 5) is 55.5. The lowest BCUT2D eigenvalue weighted by Gasteiger charge is -2.54. The molecule has 4 amide bonds. The Bertz CT molecular complexity index is 1070. The normalized spacial score (nSPS) is 32.3. The number of non-ortho nitro benzene ring substituents is 1. The Morgan fingerprint density at radius 1 is 1.03 bits per heavy atom. The lowest BCUT2D eigenvalue weighted by molar-refractivity contribution is -0.384. The zero-order chi connectivity index (χ0) is 23.4. The molecule has 1 aliphatic carbocycles. The van der Waals surface area contributed by atoms with Crippen LogP contribution in [0, 0.1) is 26.4 Å². The molecule has 1 saturated carbocycles. The smallest absolute Gasteiger partial charge is 0.332 e. The van der Waals surface area contributed by atoms with E-state index in [1.54, 1.807) is 6.07 Å². The van der Waals surface area contributed by atoms with Crippen molar-refractivity contribution in [3.63, 3.8) is 0 Å². The van der Waals surface area contributed by atoms with E-state index in [4.69, 9.17) is 0 Å². The predicted octanol–water partition coefficient (Wildman–Crippen LogP) is 2.96. The van der Waals surface area contributed by atoms with Crippen LogP contribution in [0.4, 0.5) is 16.2 Å². The summed E-state index contributed by atoms with van der Waals surface area (Å²) < 4.78 is 0. The van der Waals surface area contributed by atoms with Crippen LogP contribution in [0.5, 0.6) is 0 Å². The third-order valence-corrected chi connectivity index (χ3v) is 8.14. The van der Waals surface area contributed by atoms with Gasteiger partial charge in [0.2, 0.25) is 11.8 Å². The number of nitro benzene ring substituents is 1. The van der Waals surface area contributed by atoms with Gasteiger partial charge < -0.3 is 4.90 Å². The Labute approximate surface area is 186 Å².